The van der Waals surface area contributed by atoms with Crippen molar-refractivity contribution in [3.05, 3.63) is 82.4 Å². The van der Waals surface area contributed by atoms with Crippen molar-refractivity contribution < 1.29 is 4.79 Å². The van der Waals surface area contributed by atoms with Crippen molar-refractivity contribution in [3.63, 3.8) is 0 Å². The Morgan fingerprint density at radius 3 is 2.36 bits per heavy atom. The zero-order valence-corrected chi connectivity index (χ0v) is 20.7. The molecular formula is C27H34N4OS. The van der Waals surface area contributed by atoms with E-state index in [1.54, 1.807) is 11.3 Å². The molecule has 3 aromatic rings. The van der Waals surface area contributed by atoms with Gasteiger partial charge in [0.05, 0.1) is 5.69 Å². The average molecular weight is 463 g/mol. The van der Waals surface area contributed by atoms with Crippen LogP contribution in [0.25, 0.3) is 0 Å². The lowest BCUT2D eigenvalue weighted by Gasteiger charge is -2.27. The Morgan fingerprint density at radius 2 is 1.73 bits per heavy atom. The normalized spacial score (nSPS) is 14.3. The number of amides is 1. The number of benzene rings is 2. The highest BCUT2D eigenvalue weighted by atomic mass is 32.1. The van der Waals surface area contributed by atoms with E-state index in [4.69, 9.17) is 4.98 Å². The van der Waals surface area contributed by atoms with Crippen molar-refractivity contribution in [2.75, 3.05) is 37.6 Å². The lowest BCUT2D eigenvalue weighted by atomic mass is 9.93. The summed E-state index contributed by atoms with van der Waals surface area (Å²) < 4.78 is 0. The highest BCUT2D eigenvalue weighted by molar-refractivity contribution is 7.13. The standard InChI is InChI=1S/C27H34N4OS/c1-27(2,3)24-20-33-26(29-24)31(16-13-21-7-5-4-6-8-21)19-22-9-11-23(12-10-22)25(32)30-17-14-28-15-18-30/h4-12,20,28H,13-19H2,1-3H3. The van der Waals surface area contributed by atoms with Gasteiger partial charge in [-0.2, -0.15) is 0 Å². The highest BCUT2D eigenvalue weighted by Crippen LogP contribution is 2.29. The fourth-order valence-electron chi connectivity index (χ4n) is 3.93. The Balaban J connectivity index is 1.49. The van der Waals surface area contributed by atoms with Gasteiger partial charge in [-0.3, -0.25) is 4.79 Å². The molecule has 4 rings (SSSR count). The Bertz CT molecular complexity index is 1030. The van der Waals surface area contributed by atoms with E-state index in [2.05, 4.69) is 78.8 Å². The van der Waals surface area contributed by atoms with E-state index in [9.17, 15) is 4.79 Å². The zero-order valence-electron chi connectivity index (χ0n) is 19.9. The van der Waals surface area contributed by atoms with Crippen LogP contribution in [0.2, 0.25) is 0 Å². The quantitative estimate of drug-likeness (QED) is 0.551. The molecule has 0 atom stereocenters. The number of nitrogens with zero attached hydrogens (tertiary/aromatic N) is 3. The Labute approximate surface area is 201 Å². The molecule has 1 saturated heterocycles. The first-order valence-corrected chi connectivity index (χ1v) is 12.6. The fourth-order valence-corrected chi connectivity index (χ4v) is 5.01. The van der Waals surface area contributed by atoms with Gasteiger partial charge in [0.2, 0.25) is 0 Å². The predicted octanol–water partition coefficient (Wildman–Crippen LogP) is 4.74. The first kappa shape index (κ1) is 23.5. The molecule has 33 heavy (non-hydrogen) atoms. The lowest BCUT2D eigenvalue weighted by molar-refractivity contribution is 0.0736. The molecule has 1 aromatic heterocycles. The third-order valence-corrected chi connectivity index (χ3v) is 6.92. The SMILES string of the molecule is CC(C)(C)c1csc(N(CCc2ccccc2)Cc2ccc(C(=O)N3CCNCC3)cc2)n1. The van der Waals surface area contributed by atoms with E-state index >= 15 is 0 Å². The van der Waals surface area contributed by atoms with Crippen LogP contribution < -0.4 is 10.2 Å². The van der Waals surface area contributed by atoms with Crippen molar-refractivity contribution in [3.8, 4) is 0 Å². The number of carbonyl (C=O) groups excluding carboxylic acids is 1. The van der Waals surface area contributed by atoms with Crippen LogP contribution in [0.4, 0.5) is 5.13 Å². The van der Waals surface area contributed by atoms with Crippen LogP contribution in [-0.4, -0.2) is 48.5 Å². The van der Waals surface area contributed by atoms with Gasteiger partial charge in [0.25, 0.3) is 5.91 Å². The van der Waals surface area contributed by atoms with Crippen LogP contribution in [0.5, 0.6) is 0 Å². The molecule has 0 aliphatic carbocycles. The minimum Gasteiger partial charge on any atom is -0.343 e. The maximum absolute atomic E-state index is 12.8. The zero-order chi connectivity index (χ0) is 23.3. The summed E-state index contributed by atoms with van der Waals surface area (Å²) >= 11 is 1.71. The number of carbonyl (C=O) groups is 1. The number of rotatable bonds is 7. The van der Waals surface area contributed by atoms with Gasteiger partial charge in [0.1, 0.15) is 0 Å². The molecule has 1 fully saturated rings. The number of piperazine rings is 1. The number of hydrogen-bond acceptors (Lipinski definition) is 5. The monoisotopic (exact) mass is 462 g/mol. The Morgan fingerprint density at radius 1 is 1.03 bits per heavy atom. The first-order chi connectivity index (χ1) is 15.9. The van der Waals surface area contributed by atoms with Crippen LogP contribution in [0, 0.1) is 0 Å². The second-order valence-electron chi connectivity index (χ2n) is 9.66. The van der Waals surface area contributed by atoms with Gasteiger partial charge in [-0.15, -0.1) is 11.3 Å². The summed E-state index contributed by atoms with van der Waals surface area (Å²) in [6, 6.07) is 18.7. The molecule has 5 nitrogen and oxygen atoms in total. The molecule has 0 spiro atoms. The van der Waals surface area contributed by atoms with Crippen LogP contribution >= 0.6 is 11.3 Å². The molecule has 1 aliphatic rings. The minimum absolute atomic E-state index is 0.0336. The average Bonchev–Trinajstić information content (AvgIpc) is 3.34. The number of hydrogen-bond donors (Lipinski definition) is 1. The summed E-state index contributed by atoms with van der Waals surface area (Å²) in [4.78, 5) is 22.1. The van der Waals surface area contributed by atoms with Crippen molar-refractivity contribution in [2.45, 2.75) is 39.2 Å². The molecule has 1 aliphatic heterocycles. The second kappa shape index (κ2) is 10.5. The van der Waals surface area contributed by atoms with E-state index in [1.807, 2.05) is 17.0 Å². The molecule has 174 valence electrons. The first-order valence-electron chi connectivity index (χ1n) is 11.7. The molecule has 0 radical (unpaired) electrons. The largest absolute Gasteiger partial charge is 0.343 e. The molecular weight excluding hydrogens is 428 g/mol. The third-order valence-electron chi connectivity index (χ3n) is 6.02. The van der Waals surface area contributed by atoms with E-state index in [1.165, 1.54) is 11.1 Å². The topological polar surface area (TPSA) is 48.5 Å². The van der Waals surface area contributed by atoms with Crippen molar-refractivity contribution >= 4 is 22.4 Å². The molecule has 0 saturated carbocycles. The number of nitrogens with one attached hydrogen (secondary N) is 1. The summed E-state index contributed by atoms with van der Waals surface area (Å²) in [6.45, 7) is 11.5. The predicted molar refractivity (Wildman–Crippen MR) is 137 cm³/mol. The Kier molecular flexibility index (Phi) is 7.46. The number of thiazole rings is 1. The Hall–Kier alpha value is -2.70. The van der Waals surface area contributed by atoms with Gasteiger partial charge in [0, 0.05) is 55.6 Å². The van der Waals surface area contributed by atoms with Crippen LogP contribution in [0.1, 0.15) is 48.0 Å². The van der Waals surface area contributed by atoms with Crippen LogP contribution in [0.15, 0.2) is 60.0 Å². The van der Waals surface area contributed by atoms with E-state index < -0.39 is 0 Å². The number of aromatic nitrogens is 1. The van der Waals surface area contributed by atoms with Crippen molar-refractivity contribution in [2.24, 2.45) is 0 Å². The maximum Gasteiger partial charge on any atom is 0.253 e. The van der Waals surface area contributed by atoms with Gasteiger partial charge >= 0.3 is 0 Å². The lowest BCUT2D eigenvalue weighted by Crippen LogP contribution is -2.46. The van der Waals surface area contributed by atoms with E-state index in [0.717, 1.165) is 62.1 Å². The smallest absolute Gasteiger partial charge is 0.253 e. The maximum atomic E-state index is 12.8. The second-order valence-corrected chi connectivity index (χ2v) is 10.5. The van der Waals surface area contributed by atoms with Gasteiger partial charge in [-0.25, -0.2) is 4.98 Å². The van der Waals surface area contributed by atoms with Gasteiger partial charge in [-0.1, -0.05) is 63.2 Å². The summed E-state index contributed by atoms with van der Waals surface area (Å²) in [5.41, 5.74) is 4.44. The molecule has 1 N–H and O–H groups in total. The van der Waals surface area contributed by atoms with Crippen LogP contribution in [0.3, 0.4) is 0 Å². The van der Waals surface area contributed by atoms with Gasteiger partial charge in [-0.05, 0) is 29.7 Å². The summed E-state index contributed by atoms with van der Waals surface area (Å²) in [5.74, 6) is 0.124. The summed E-state index contributed by atoms with van der Waals surface area (Å²) in [7, 11) is 0. The van der Waals surface area contributed by atoms with Gasteiger partial charge < -0.3 is 15.1 Å². The van der Waals surface area contributed by atoms with Crippen LogP contribution in [-0.2, 0) is 18.4 Å². The van der Waals surface area contributed by atoms with Crippen molar-refractivity contribution in [1.82, 2.24) is 15.2 Å². The molecule has 1 amide bonds. The molecule has 6 heteroatoms. The molecule has 0 unspecified atom stereocenters. The van der Waals surface area contributed by atoms with Crippen molar-refractivity contribution in [1.29, 1.82) is 0 Å². The number of anilines is 1. The summed E-state index contributed by atoms with van der Waals surface area (Å²) in [6.07, 6.45) is 0.963. The summed E-state index contributed by atoms with van der Waals surface area (Å²) in [5, 5.41) is 6.53. The van der Waals surface area contributed by atoms with Gasteiger partial charge in [0.15, 0.2) is 5.13 Å². The molecule has 2 aromatic carbocycles. The van der Waals surface area contributed by atoms with E-state index in [-0.39, 0.29) is 11.3 Å². The molecule has 0 bridgehead atoms. The molecule has 2 heterocycles. The minimum atomic E-state index is 0.0336. The van der Waals surface area contributed by atoms with E-state index in [0.29, 0.717) is 0 Å². The highest BCUT2D eigenvalue weighted by Gasteiger charge is 2.21. The third kappa shape index (κ3) is 6.21. The fraction of sp³-hybridized carbons (Fsp3) is 0.407.